The summed E-state index contributed by atoms with van der Waals surface area (Å²) in [6.45, 7) is 7.89. The molecule has 1 aliphatic carbocycles. The molecule has 5 rings (SSSR count). The van der Waals surface area contributed by atoms with Crippen molar-refractivity contribution < 1.29 is 4.39 Å². The molecule has 1 aromatic carbocycles. The minimum atomic E-state index is -0.236. The van der Waals surface area contributed by atoms with Crippen molar-refractivity contribution in [1.29, 1.82) is 0 Å². The predicted molar refractivity (Wildman–Crippen MR) is 107 cm³/mol. The van der Waals surface area contributed by atoms with Crippen LogP contribution in [0.3, 0.4) is 0 Å². The van der Waals surface area contributed by atoms with Gasteiger partial charge in [0.15, 0.2) is 0 Å². The van der Waals surface area contributed by atoms with Gasteiger partial charge in [0.25, 0.3) is 0 Å². The van der Waals surface area contributed by atoms with Gasteiger partial charge in [-0.1, -0.05) is 0 Å². The van der Waals surface area contributed by atoms with Crippen LogP contribution in [-0.2, 0) is 19.4 Å². The number of hydrogen-bond acceptors (Lipinski definition) is 5. The minimum Gasteiger partial charge on any atom is -0.354 e. The van der Waals surface area contributed by atoms with Gasteiger partial charge < -0.3 is 9.47 Å². The highest BCUT2D eigenvalue weighted by molar-refractivity contribution is 5.75. The lowest BCUT2D eigenvalue weighted by Crippen LogP contribution is -2.47. The molecular formula is C21H25FN6. The first-order valence-corrected chi connectivity index (χ1v) is 10.1. The first kappa shape index (κ1) is 17.6. The van der Waals surface area contributed by atoms with Crippen molar-refractivity contribution in [2.45, 2.75) is 32.7 Å². The lowest BCUT2D eigenvalue weighted by atomic mass is 10.2. The largest absolute Gasteiger partial charge is 0.354 e. The highest BCUT2D eigenvalue weighted by Gasteiger charge is 2.25. The van der Waals surface area contributed by atoms with Crippen LogP contribution in [0.2, 0.25) is 0 Å². The number of halogens is 1. The summed E-state index contributed by atoms with van der Waals surface area (Å²) in [4.78, 5) is 18.6. The number of nitrogens with zero attached hydrogens (tertiary/aromatic N) is 6. The molecule has 3 heterocycles. The molecule has 1 fully saturated rings. The molecule has 2 aliphatic rings. The third kappa shape index (κ3) is 3.24. The lowest BCUT2D eigenvalue weighted by Gasteiger charge is -2.36. The second-order valence-corrected chi connectivity index (χ2v) is 7.77. The second-order valence-electron chi connectivity index (χ2n) is 7.77. The highest BCUT2D eigenvalue weighted by Crippen LogP contribution is 2.29. The summed E-state index contributed by atoms with van der Waals surface area (Å²) in [5.74, 6) is 1.82. The van der Waals surface area contributed by atoms with E-state index in [4.69, 9.17) is 4.98 Å². The van der Waals surface area contributed by atoms with E-state index >= 15 is 0 Å². The molecule has 3 aromatic rings. The van der Waals surface area contributed by atoms with E-state index in [0.29, 0.717) is 0 Å². The Balaban J connectivity index is 1.22. The molecule has 0 atom stereocenters. The Kier molecular flexibility index (Phi) is 4.47. The number of hydrogen-bond donors (Lipinski definition) is 0. The number of rotatable bonds is 4. The van der Waals surface area contributed by atoms with Crippen LogP contribution >= 0.6 is 0 Å². The zero-order chi connectivity index (χ0) is 19.1. The quantitative estimate of drug-likeness (QED) is 0.696. The maximum Gasteiger partial charge on any atom is 0.135 e. The van der Waals surface area contributed by atoms with Crippen molar-refractivity contribution in [2.24, 2.45) is 0 Å². The fourth-order valence-corrected chi connectivity index (χ4v) is 4.44. The van der Waals surface area contributed by atoms with Crippen molar-refractivity contribution in [2.75, 3.05) is 37.6 Å². The number of benzene rings is 1. The van der Waals surface area contributed by atoms with E-state index in [1.54, 1.807) is 0 Å². The fraction of sp³-hybridized carbons (Fsp3) is 0.476. The van der Waals surface area contributed by atoms with E-state index in [2.05, 4.69) is 24.3 Å². The van der Waals surface area contributed by atoms with Gasteiger partial charge in [-0.25, -0.2) is 19.3 Å². The molecule has 146 valence electrons. The van der Waals surface area contributed by atoms with Gasteiger partial charge in [-0.15, -0.1) is 0 Å². The van der Waals surface area contributed by atoms with Gasteiger partial charge in [0, 0.05) is 56.6 Å². The second kappa shape index (κ2) is 7.13. The van der Waals surface area contributed by atoms with E-state index in [-0.39, 0.29) is 5.82 Å². The van der Waals surface area contributed by atoms with Gasteiger partial charge in [0.05, 0.1) is 17.4 Å². The normalized spacial score (nSPS) is 17.4. The highest BCUT2D eigenvalue weighted by atomic mass is 19.1. The number of aromatic nitrogens is 4. The maximum atomic E-state index is 13.3. The Labute approximate surface area is 164 Å². The third-order valence-corrected chi connectivity index (χ3v) is 5.94. The van der Waals surface area contributed by atoms with Crippen molar-refractivity contribution >= 4 is 16.9 Å². The average Bonchev–Trinajstić information content (AvgIpc) is 3.32. The summed E-state index contributed by atoms with van der Waals surface area (Å²) in [5, 5.41) is 0. The SMILES string of the molecule is Cc1nc2c(c(N3CCN(CCn4cnc5cc(F)ccc54)CC3)n1)CCC2. The molecule has 0 spiro atoms. The first-order chi connectivity index (χ1) is 13.7. The Morgan fingerprint density at radius 2 is 1.89 bits per heavy atom. The van der Waals surface area contributed by atoms with Crippen LogP contribution in [0.15, 0.2) is 24.5 Å². The number of aryl methyl sites for hydroxylation is 2. The maximum absolute atomic E-state index is 13.3. The van der Waals surface area contributed by atoms with E-state index in [9.17, 15) is 4.39 Å². The third-order valence-electron chi connectivity index (χ3n) is 5.94. The molecule has 0 bridgehead atoms. The Morgan fingerprint density at radius 1 is 1.04 bits per heavy atom. The van der Waals surface area contributed by atoms with Crippen LogP contribution in [0.5, 0.6) is 0 Å². The predicted octanol–water partition coefficient (Wildman–Crippen LogP) is 2.58. The van der Waals surface area contributed by atoms with Gasteiger partial charge in [-0.05, 0) is 38.3 Å². The molecule has 28 heavy (non-hydrogen) atoms. The summed E-state index contributed by atoms with van der Waals surface area (Å²) >= 11 is 0. The smallest absolute Gasteiger partial charge is 0.135 e. The summed E-state index contributed by atoms with van der Waals surface area (Å²) < 4.78 is 15.4. The molecule has 0 saturated carbocycles. The van der Waals surface area contributed by atoms with Crippen LogP contribution in [0.1, 0.15) is 23.5 Å². The standard InChI is InChI=1S/C21H25FN6/c1-15-24-18-4-2-3-17(18)21(25-15)27-10-7-26(8-11-27)9-12-28-14-23-19-13-16(22)5-6-20(19)28/h5-6,13-14H,2-4,7-12H2,1H3. The van der Waals surface area contributed by atoms with Crippen LogP contribution < -0.4 is 4.90 Å². The molecule has 1 saturated heterocycles. The van der Waals surface area contributed by atoms with Crippen LogP contribution in [0.4, 0.5) is 10.2 Å². The van der Waals surface area contributed by atoms with Crippen molar-refractivity contribution in [3.8, 4) is 0 Å². The molecule has 2 aromatic heterocycles. The number of anilines is 1. The summed E-state index contributed by atoms with van der Waals surface area (Å²) in [6, 6.07) is 4.81. The average molecular weight is 380 g/mol. The Hall–Kier alpha value is -2.54. The van der Waals surface area contributed by atoms with Crippen LogP contribution in [-0.4, -0.2) is 57.1 Å². The molecule has 0 unspecified atom stereocenters. The van der Waals surface area contributed by atoms with Crippen molar-refractivity contribution in [3.63, 3.8) is 0 Å². The summed E-state index contributed by atoms with van der Waals surface area (Å²) in [5.41, 5.74) is 4.34. The van der Waals surface area contributed by atoms with Crippen LogP contribution in [0, 0.1) is 12.7 Å². The monoisotopic (exact) mass is 380 g/mol. The van der Waals surface area contributed by atoms with E-state index in [1.165, 1.54) is 35.6 Å². The first-order valence-electron chi connectivity index (χ1n) is 10.1. The Morgan fingerprint density at radius 3 is 2.75 bits per heavy atom. The minimum absolute atomic E-state index is 0.236. The summed E-state index contributed by atoms with van der Waals surface area (Å²) in [7, 11) is 0. The molecule has 0 radical (unpaired) electrons. The number of piperazine rings is 1. The molecule has 6 nitrogen and oxygen atoms in total. The number of fused-ring (bicyclic) bond motifs is 2. The van der Waals surface area contributed by atoms with Crippen molar-refractivity contribution in [3.05, 3.63) is 47.4 Å². The fourth-order valence-electron chi connectivity index (χ4n) is 4.44. The topological polar surface area (TPSA) is 50.1 Å². The molecular weight excluding hydrogens is 355 g/mol. The van der Waals surface area contributed by atoms with Gasteiger partial charge >= 0.3 is 0 Å². The van der Waals surface area contributed by atoms with Gasteiger partial charge in [-0.2, -0.15) is 0 Å². The van der Waals surface area contributed by atoms with E-state index < -0.39 is 0 Å². The van der Waals surface area contributed by atoms with Crippen LogP contribution in [0.25, 0.3) is 11.0 Å². The van der Waals surface area contributed by atoms with Gasteiger partial charge in [-0.3, -0.25) is 4.90 Å². The zero-order valence-electron chi connectivity index (χ0n) is 16.2. The lowest BCUT2D eigenvalue weighted by molar-refractivity contribution is 0.248. The Bertz CT molecular complexity index is 1010. The van der Waals surface area contributed by atoms with Gasteiger partial charge in [0.1, 0.15) is 17.5 Å². The molecule has 0 N–H and O–H groups in total. The van der Waals surface area contributed by atoms with E-state index in [0.717, 1.165) is 69.0 Å². The molecule has 0 amide bonds. The summed E-state index contributed by atoms with van der Waals surface area (Å²) in [6.07, 6.45) is 5.21. The van der Waals surface area contributed by atoms with Gasteiger partial charge in [0.2, 0.25) is 0 Å². The zero-order valence-corrected chi connectivity index (χ0v) is 16.2. The van der Waals surface area contributed by atoms with Crippen molar-refractivity contribution in [1.82, 2.24) is 24.4 Å². The van der Waals surface area contributed by atoms with E-state index in [1.807, 2.05) is 19.3 Å². The molecule has 1 aliphatic heterocycles. The molecule has 7 heteroatoms. The number of imidazole rings is 1.